The highest BCUT2D eigenvalue weighted by molar-refractivity contribution is 6.28. The highest BCUT2D eigenvalue weighted by atomic mass is 35.5. The molecule has 0 saturated heterocycles. The number of aryl methyl sites for hydroxylation is 1. The van der Waals surface area contributed by atoms with Gasteiger partial charge >= 0.3 is 0 Å². The normalized spacial score (nSPS) is 10.3. The lowest BCUT2D eigenvalue weighted by Gasteiger charge is -2.11. The Balaban J connectivity index is 2.55. The lowest BCUT2D eigenvalue weighted by molar-refractivity contribution is 0.341. The summed E-state index contributed by atoms with van der Waals surface area (Å²) in [5.41, 5.74) is 2.73. The van der Waals surface area contributed by atoms with E-state index in [9.17, 15) is 0 Å². The number of ether oxygens (including phenoxy) is 1. The molecule has 0 aliphatic heterocycles. The average molecular weight is 249 g/mol. The molecular formula is C13H13ClN2O. The molecule has 0 bridgehead atoms. The molecule has 0 atom stereocenters. The zero-order valence-corrected chi connectivity index (χ0v) is 10.5. The third-order valence-corrected chi connectivity index (χ3v) is 2.57. The van der Waals surface area contributed by atoms with Gasteiger partial charge in [0.2, 0.25) is 5.28 Å². The van der Waals surface area contributed by atoms with Gasteiger partial charge < -0.3 is 4.74 Å². The maximum Gasteiger partial charge on any atom is 0.222 e. The Morgan fingerprint density at radius 1 is 1.29 bits per heavy atom. The molecule has 1 aromatic carbocycles. The molecule has 17 heavy (non-hydrogen) atoms. The van der Waals surface area contributed by atoms with Gasteiger partial charge in [-0.2, -0.15) is 0 Å². The number of hydrogen-bond donors (Lipinski definition) is 0. The second kappa shape index (κ2) is 5.15. The number of para-hydroxylation sites is 1. The fourth-order valence-electron chi connectivity index (χ4n) is 1.64. The first-order chi connectivity index (χ1) is 8.22. The van der Waals surface area contributed by atoms with Crippen LogP contribution in [0.5, 0.6) is 5.75 Å². The van der Waals surface area contributed by atoms with Crippen molar-refractivity contribution in [2.75, 3.05) is 6.61 Å². The van der Waals surface area contributed by atoms with Gasteiger partial charge in [0.1, 0.15) is 5.75 Å². The minimum atomic E-state index is 0.247. The molecule has 2 aromatic rings. The van der Waals surface area contributed by atoms with Crippen LogP contribution < -0.4 is 4.74 Å². The summed E-state index contributed by atoms with van der Waals surface area (Å²) in [6, 6.07) is 7.78. The molecule has 88 valence electrons. The summed E-state index contributed by atoms with van der Waals surface area (Å²) in [5, 5.41) is 0.247. The number of halogens is 1. The van der Waals surface area contributed by atoms with Crippen molar-refractivity contribution in [2.45, 2.75) is 13.8 Å². The summed E-state index contributed by atoms with van der Waals surface area (Å²) in [4.78, 5) is 8.21. The van der Waals surface area contributed by atoms with Crippen molar-refractivity contribution in [2.24, 2.45) is 0 Å². The molecule has 1 aromatic heterocycles. The molecular weight excluding hydrogens is 236 g/mol. The Bertz CT molecular complexity index is 529. The second-order valence-electron chi connectivity index (χ2n) is 3.60. The van der Waals surface area contributed by atoms with Crippen molar-refractivity contribution in [3.8, 4) is 17.0 Å². The van der Waals surface area contributed by atoms with Crippen LogP contribution in [0.1, 0.15) is 12.5 Å². The lowest BCUT2D eigenvalue weighted by atomic mass is 10.1. The first-order valence-electron chi connectivity index (χ1n) is 5.43. The van der Waals surface area contributed by atoms with Crippen molar-refractivity contribution in [1.82, 2.24) is 9.97 Å². The van der Waals surface area contributed by atoms with Crippen molar-refractivity contribution < 1.29 is 4.74 Å². The molecule has 2 rings (SSSR count). The van der Waals surface area contributed by atoms with Crippen molar-refractivity contribution in [3.05, 3.63) is 41.3 Å². The van der Waals surface area contributed by atoms with Crippen LogP contribution in [0.3, 0.4) is 0 Å². The van der Waals surface area contributed by atoms with Gasteiger partial charge in [0.15, 0.2) is 0 Å². The van der Waals surface area contributed by atoms with Gasteiger partial charge in [-0.3, -0.25) is 0 Å². The van der Waals surface area contributed by atoms with E-state index in [1.54, 1.807) is 6.20 Å². The number of nitrogens with zero attached hydrogens (tertiary/aromatic N) is 2. The molecule has 4 heteroatoms. The molecule has 0 spiro atoms. The number of rotatable bonds is 3. The van der Waals surface area contributed by atoms with Crippen LogP contribution in [0.15, 0.2) is 30.5 Å². The standard InChI is InChI=1S/C13H13ClN2O/c1-3-17-11-7-5-4-6-10(11)12-9(2)8-15-13(14)16-12/h4-8H,3H2,1-2H3. The molecule has 0 aliphatic rings. The van der Waals surface area contributed by atoms with Crippen LogP contribution in [0.2, 0.25) is 5.28 Å². The van der Waals surface area contributed by atoms with E-state index in [1.807, 2.05) is 38.1 Å². The Morgan fingerprint density at radius 2 is 2.06 bits per heavy atom. The molecule has 0 N–H and O–H groups in total. The summed E-state index contributed by atoms with van der Waals surface area (Å²) in [7, 11) is 0. The predicted molar refractivity (Wildman–Crippen MR) is 68.4 cm³/mol. The predicted octanol–water partition coefficient (Wildman–Crippen LogP) is 3.50. The van der Waals surface area contributed by atoms with E-state index in [0.717, 1.165) is 22.6 Å². The third-order valence-electron chi connectivity index (χ3n) is 2.38. The van der Waals surface area contributed by atoms with Gasteiger partial charge in [-0.15, -0.1) is 0 Å². The molecule has 3 nitrogen and oxygen atoms in total. The molecule has 1 heterocycles. The number of hydrogen-bond acceptors (Lipinski definition) is 3. The Morgan fingerprint density at radius 3 is 2.82 bits per heavy atom. The van der Waals surface area contributed by atoms with Crippen LogP contribution >= 0.6 is 11.6 Å². The molecule has 0 amide bonds. The topological polar surface area (TPSA) is 35.0 Å². The number of aromatic nitrogens is 2. The van der Waals surface area contributed by atoms with Crippen molar-refractivity contribution in [3.63, 3.8) is 0 Å². The van der Waals surface area contributed by atoms with E-state index in [1.165, 1.54) is 0 Å². The maximum atomic E-state index is 5.83. The van der Waals surface area contributed by atoms with Gasteiger partial charge in [0.05, 0.1) is 12.3 Å². The Kier molecular flexibility index (Phi) is 3.59. The fraction of sp³-hybridized carbons (Fsp3) is 0.231. The minimum Gasteiger partial charge on any atom is -0.493 e. The quantitative estimate of drug-likeness (QED) is 0.780. The SMILES string of the molecule is CCOc1ccccc1-c1nc(Cl)ncc1C. The maximum absolute atomic E-state index is 5.83. The smallest absolute Gasteiger partial charge is 0.222 e. The summed E-state index contributed by atoms with van der Waals surface area (Å²) in [5.74, 6) is 0.813. The average Bonchev–Trinajstić information content (AvgIpc) is 2.34. The van der Waals surface area contributed by atoms with E-state index in [0.29, 0.717) is 6.61 Å². The molecule has 0 fully saturated rings. The van der Waals surface area contributed by atoms with Gasteiger partial charge in [0, 0.05) is 11.8 Å². The van der Waals surface area contributed by atoms with E-state index in [2.05, 4.69) is 9.97 Å². The summed E-state index contributed by atoms with van der Waals surface area (Å²) in [6.07, 6.45) is 1.72. The van der Waals surface area contributed by atoms with E-state index < -0.39 is 0 Å². The van der Waals surface area contributed by atoms with Crippen LogP contribution in [0.4, 0.5) is 0 Å². The number of benzene rings is 1. The largest absolute Gasteiger partial charge is 0.493 e. The zero-order valence-electron chi connectivity index (χ0n) is 9.77. The first kappa shape index (κ1) is 11.9. The van der Waals surface area contributed by atoms with Gasteiger partial charge in [-0.05, 0) is 43.1 Å². The molecule has 0 saturated carbocycles. The Labute approximate surface area is 105 Å². The van der Waals surface area contributed by atoms with E-state index in [-0.39, 0.29) is 5.28 Å². The third kappa shape index (κ3) is 2.56. The van der Waals surface area contributed by atoms with Gasteiger partial charge in [-0.25, -0.2) is 9.97 Å². The summed E-state index contributed by atoms with van der Waals surface area (Å²) >= 11 is 5.83. The minimum absolute atomic E-state index is 0.247. The molecule has 0 radical (unpaired) electrons. The summed E-state index contributed by atoms with van der Waals surface area (Å²) in [6.45, 7) is 4.53. The second-order valence-corrected chi connectivity index (χ2v) is 3.94. The van der Waals surface area contributed by atoms with Gasteiger partial charge in [-0.1, -0.05) is 12.1 Å². The van der Waals surface area contributed by atoms with Crippen molar-refractivity contribution >= 4 is 11.6 Å². The van der Waals surface area contributed by atoms with Crippen LogP contribution in [-0.2, 0) is 0 Å². The highest BCUT2D eigenvalue weighted by Crippen LogP contribution is 2.30. The van der Waals surface area contributed by atoms with Crippen LogP contribution in [0.25, 0.3) is 11.3 Å². The van der Waals surface area contributed by atoms with Gasteiger partial charge in [0.25, 0.3) is 0 Å². The molecule has 0 aliphatic carbocycles. The van der Waals surface area contributed by atoms with Crippen LogP contribution in [-0.4, -0.2) is 16.6 Å². The van der Waals surface area contributed by atoms with Crippen molar-refractivity contribution in [1.29, 1.82) is 0 Å². The van der Waals surface area contributed by atoms with Crippen LogP contribution in [0, 0.1) is 6.92 Å². The fourth-order valence-corrected chi connectivity index (χ4v) is 1.77. The monoisotopic (exact) mass is 248 g/mol. The highest BCUT2D eigenvalue weighted by Gasteiger charge is 2.10. The van der Waals surface area contributed by atoms with E-state index >= 15 is 0 Å². The lowest BCUT2D eigenvalue weighted by Crippen LogP contribution is -1.97. The summed E-state index contributed by atoms with van der Waals surface area (Å²) < 4.78 is 5.58. The Hall–Kier alpha value is -1.61. The van der Waals surface area contributed by atoms with E-state index in [4.69, 9.17) is 16.3 Å². The zero-order chi connectivity index (χ0) is 12.3. The first-order valence-corrected chi connectivity index (χ1v) is 5.81. The molecule has 0 unspecified atom stereocenters.